The maximum absolute atomic E-state index is 8.91. The summed E-state index contributed by atoms with van der Waals surface area (Å²) < 4.78 is 0. The second-order valence-corrected chi connectivity index (χ2v) is 4.03. The summed E-state index contributed by atoms with van der Waals surface area (Å²) in [6.45, 7) is 4.78. The fourth-order valence-corrected chi connectivity index (χ4v) is 1.73. The lowest BCUT2D eigenvalue weighted by molar-refractivity contribution is 0.0843. The topological polar surface area (TPSA) is 20.2 Å². The first-order valence-electron chi connectivity index (χ1n) is 4.64. The van der Waals surface area contributed by atoms with Gasteiger partial charge in [0.15, 0.2) is 0 Å². The Morgan fingerprint density at radius 3 is 2.27 bits per heavy atom. The molecule has 1 heteroatoms. The molecule has 11 heavy (non-hydrogen) atoms. The summed E-state index contributed by atoms with van der Waals surface area (Å²) in [6.07, 6.45) is 5.15. The molecule has 1 aliphatic carbocycles. The highest BCUT2D eigenvalue weighted by Crippen LogP contribution is 2.37. The fraction of sp³-hybridized carbons (Fsp3) is 0.900. The van der Waals surface area contributed by atoms with Crippen molar-refractivity contribution in [1.29, 1.82) is 0 Å². The minimum absolute atomic E-state index is 0.410. The fourth-order valence-electron chi connectivity index (χ4n) is 1.73. The Hall–Kier alpha value is -0.0400. The van der Waals surface area contributed by atoms with E-state index in [2.05, 4.69) is 13.8 Å². The smallest absolute Gasteiger partial charge is 0.0461 e. The molecular formula is C10H19O. The van der Waals surface area contributed by atoms with Crippen LogP contribution in [-0.2, 0) is 0 Å². The lowest BCUT2D eigenvalue weighted by Gasteiger charge is -2.35. The molecule has 1 rings (SSSR count). The number of rotatable bonds is 4. The second-order valence-electron chi connectivity index (χ2n) is 4.03. The molecule has 0 aromatic heterocycles. The van der Waals surface area contributed by atoms with E-state index < -0.39 is 0 Å². The minimum atomic E-state index is 0.410. The maximum atomic E-state index is 8.91. The van der Waals surface area contributed by atoms with Crippen LogP contribution in [-0.4, -0.2) is 11.7 Å². The molecule has 65 valence electrons. The Kier molecular flexibility index (Phi) is 3.38. The van der Waals surface area contributed by atoms with Gasteiger partial charge in [0.25, 0.3) is 0 Å². The van der Waals surface area contributed by atoms with Gasteiger partial charge in [0, 0.05) is 6.61 Å². The van der Waals surface area contributed by atoms with Crippen LogP contribution < -0.4 is 0 Å². The first-order chi connectivity index (χ1) is 5.24. The Morgan fingerprint density at radius 1 is 1.27 bits per heavy atom. The molecule has 0 aromatic rings. The number of aliphatic hydroxyl groups excluding tert-OH is 1. The van der Waals surface area contributed by atoms with E-state index in [-0.39, 0.29) is 0 Å². The van der Waals surface area contributed by atoms with Gasteiger partial charge in [-0.1, -0.05) is 13.8 Å². The molecular weight excluding hydrogens is 136 g/mol. The van der Waals surface area contributed by atoms with Crippen molar-refractivity contribution in [2.24, 2.45) is 11.8 Å². The standard InChI is InChI=1S/C10H19O/c1-8(2)3-4-9-5-6-10(9)7-11/h9-11H,3-7H2,1-2H3. The third kappa shape index (κ3) is 2.48. The van der Waals surface area contributed by atoms with Gasteiger partial charge >= 0.3 is 0 Å². The van der Waals surface area contributed by atoms with Crippen LogP contribution in [0.2, 0.25) is 0 Å². The van der Waals surface area contributed by atoms with E-state index in [1.165, 1.54) is 31.6 Å². The average Bonchev–Trinajstić information content (AvgIpc) is 1.86. The first-order valence-corrected chi connectivity index (χ1v) is 4.64. The average molecular weight is 155 g/mol. The normalized spacial score (nSPS) is 30.5. The van der Waals surface area contributed by atoms with Crippen molar-refractivity contribution in [3.05, 3.63) is 5.92 Å². The van der Waals surface area contributed by atoms with Crippen molar-refractivity contribution in [2.45, 2.75) is 39.5 Å². The lowest BCUT2D eigenvalue weighted by Crippen LogP contribution is -2.28. The van der Waals surface area contributed by atoms with Crippen molar-refractivity contribution in [1.82, 2.24) is 0 Å². The van der Waals surface area contributed by atoms with E-state index in [1.54, 1.807) is 0 Å². The van der Waals surface area contributed by atoms with Crippen molar-refractivity contribution < 1.29 is 5.11 Å². The molecule has 2 unspecified atom stereocenters. The van der Waals surface area contributed by atoms with E-state index in [0.717, 1.165) is 5.92 Å². The van der Waals surface area contributed by atoms with Gasteiger partial charge in [-0.15, -0.1) is 0 Å². The highest BCUT2D eigenvalue weighted by atomic mass is 16.3. The molecule has 1 nitrogen and oxygen atoms in total. The van der Waals surface area contributed by atoms with Crippen LogP contribution in [0.1, 0.15) is 39.5 Å². The molecule has 1 aliphatic rings. The van der Waals surface area contributed by atoms with Crippen LogP contribution in [0.5, 0.6) is 0 Å². The molecule has 0 amide bonds. The molecule has 0 spiro atoms. The van der Waals surface area contributed by atoms with Gasteiger partial charge in [0.1, 0.15) is 0 Å². The molecule has 0 aliphatic heterocycles. The molecule has 1 saturated carbocycles. The van der Waals surface area contributed by atoms with Crippen molar-refractivity contribution in [2.75, 3.05) is 6.61 Å². The second kappa shape index (κ2) is 4.10. The Morgan fingerprint density at radius 2 is 1.91 bits per heavy atom. The van der Waals surface area contributed by atoms with Crippen LogP contribution in [0.3, 0.4) is 0 Å². The van der Waals surface area contributed by atoms with Crippen molar-refractivity contribution in [3.8, 4) is 0 Å². The van der Waals surface area contributed by atoms with Gasteiger partial charge in [0.2, 0.25) is 0 Å². The quantitative estimate of drug-likeness (QED) is 0.661. The van der Waals surface area contributed by atoms with E-state index >= 15 is 0 Å². The molecule has 0 bridgehead atoms. The van der Waals surface area contributed by atoms with Gasteiger partial charge in [-0.3, -0.25) is 0 Å². The SMILES string of the molecule is C[C](C)CCC1CCC1CO. The largest absolute Gasteiger partial charge is 0.396 e. The summed E-state index contributed by atoms with van der Waals surface area (Å²) in [7, 11) is 0. The van der Waals surface area contributed by atoms with Crippen molar-refractivity contribution in [3.63, 3.8) is 0 Å². The van der Waals surface area contributed by atoms with Crippen LogP contribution in [0, 0.1) is 17.8 Å². The maximum Gasteiger partial charge on any atom is 0.0461 e. The Balaban J connectivity index is 2.07. The van der Waals surface area contributed by atoms with Crippen LogP contribution in [0.4, 0.5) is 0 Å². The van der Waals surface area contributed by atoms with Gasteiger partial charge in [-0.25, -0.2) is 0 Å². The zero-order chi connectivity index (χ0) is 8.27. The number of aliphatic hydroxyl groups is 1. The van der Waals surface area contributed by atoms with Gasteiger partial charge < -0.3 is 5.11 Å². The van der Waals surface area contributed by atoms with E-state index in [1.807, 2.05) is 0 Å². The third-order valence-corrected chi connectivity index (χ3v) is 2.82. The van der Waals surface area contributed by atoms with Gasteiger partial charge in [-0.05, 0) is 43.4 Å². The third-order valence-electron chi connectivity index (χ3n) is 2.82. The summed E-state index contributed by atoms with van der Waals surface area (Å²) in [5, 5.41) is 8.91. The summed E-state index contributed by atoms with van der Waals surface area (Å²) in [5.74, 6) is 2.98. The molecule has 0 saturated heterocycles. The molecule has 1 radical (unpaired) electrons. The first kappa shape index (κ1) is 9.05. The van der Waals surface area contributed by atoms with Gasteiger partial charge in [-0.2, -0.15) is 0 Å². The van der Waals surface area contributed by atoms with Crippen LogP contribution >= 0.6 is 0 Å². The molecule has 1 N–H and O–H groups in total. The van der Waals surface area contributed by atoms with Crippen LogP contribution in [0.25, 0.3) is 0 Å². The summed E-state index contributed by atoms with van der Waals surface area (Å²) in [6, 6.07) is 0. The van der Waals surface area contributed by atoms with E-state index in [4.69, 9.17) is 5.11 Å². The van der Waals surface area contributed by atoms with E-state index in [9.17, 15) is 0 Å². The summed E-state index contributed by atoms with van der Waals surface area (Å²) in [5.41, 5.74) is 0. The van der Waals surface area contributed by atoms with Crippen LogP contribution in [0.15, 0.2) is 0 Å². The predicted octanol–water partition coefficient (Wildman–Crippen LogP) is 2.40. The lowest BCUT2D eigenvalue weighted by atomic mass is 9.71. The Labute approximate surface area is 69.8 Å². The predicted molar refractivity (Wildman–Crippen MR) is 47.1 cm³/mol. The monoisotopic (exact) mass is 155 g/mol. The number of hydrogen-bond acceptors (Lipinski definition) is 1. The highest BCUT2D eigenvalue weighted by molar-refractivity contribution is 4.84. The number of hydrogen-bond donors (Lipinski definition) is 1. The van der Waals surface area contributed by atoms with Crippen molar-refractivity contribution >= 4 is 0 Å². The zero-order valence-electron chi connectivity index (χ0n) is 7.64. The summed E-state index contributed by atoms with van der Waals surface area (Å²) >= 11 is 0. The summed E-state index contributed by atoms with van der Waals surface area (Å²) in [4.78, 5) is 0. The minimum Gasteiger partial charge on any atom is -0.396 e. The molecule has 2 atom stereocenters. The Bertz CT molecular complexity index is 107. The van der Waals surface area contributed by atoms with Gasteiger partial charge in [0.05, 0.1) is 0 Å². The highest BCUT2D eigenvalue weighted by Gasteiger charge is 2.29. The zero-order valence-corrected chi connectivity index (χ0v) is 7.64. The van der Waals surface area contributed by atoms with E-state index in [0.29, 0.717) is 12.5 Å². The molecule has 0 heterocycles. The molecule has 0 aromatic carbocycles. The molecule has 1 fully saturated rings.